The first kappa shape index (κ1) is 14.5. The standard InChI is InChI=1S/C16H18ClNO3/c1-2-21-12-7-16(8-12)9-13(19)18-15(20)14(16)10-3-5-11(17)6-4-10/h3-6,12,14H,2,7-9H2,1H3,(H,18,19,20). The maximum absolute atomic E-state index is 12.4. The topological polar surface area (TPSA) is 55.4 Å². The summed E-state index contributed by atoms with van der Waals surface area (Å²) in [7, 11) is 0. The van der Waals surface area contributed by atoms with Crippen LogP contribution in [0.15, 0.2) is 24.3 Å². The maximum Gasteiger partial charge on any atom is 0.234 e. The molecule has 0 aromatic heterocycles. The smallest absolute Gasteiger partial charge is 0.234 e. The Morgan fingerprint density at radius 1 is 1.29 bits per heavy atom. The van der Waals surface area contributed by atoms with Gasteiger partial charge < -0.3 is 4.74 Å². The van der Waals surface area contributed by atoms with E-state index in [0.717, 1.165) is 18.4 Å². The molecule has 0 bridgehead atoms. The quantitative estimate of drug-likeness (QED) is 0.874. The number of carbonyl (C=O) groups excluding carboxylic acids is 2. The van der Waals surface area contributed by atoms with Crippen molar-refractivity contribution in [1.29, 1.82) is 0 Å². The number of rotatable bonds is 3. The van der Waals surface area contributed by atoms with Gasteiger partial charge in [-0.1, -0.05) is 23.7 Å². The van der Waals surface area contributed by atoms with E-state index >= 15 is 0 Å². The van der Waals surface area contributed by atoms with E-state index in [1.807, 2.05) is 19.1 Å². The number of ether oxygens (including phenoxy) is 1. The number of benzene rings is 1. The summed E-state index contributed by atoms with van der Waals surface area (Å²) in [5.41, 5.74) is 0.618. The lowest BCUT2D eigenvalue weighted by molar-refractivity contribution is -0.153. The fraction of sp³-hybridized carbons (Fsp3) is 0.500. The largest absolute Gasteiger partial charge is 0.378 e. The molecule has 21 heavy (non-hydrogen) atoms. The van der Waals surface area contributed by atoms with Crippen molar-refractivity contribution in [2.24, 2.45) is 5.41 Å². The van der Waals surface area contributed by atoms with Crippen LogP contribution in [-0.4, -0.2) is 24.5 Å². The van der Waals surface area contributed by atoms with Gasteiger partial charge in [0, 0.05) is 18.1 Å². The first-order valence-corrected chi connectivity index (χ1v) is 7.62. The summed E-state index contributed by atoms with van der Waals surface area (Å²) in [6, 6.07) is 7.32. The summed E-state index contributed by atoms with van der Waals surface area (Å²) in [5, 5.41) is 3.10. The number of halogens is 1. The van der Waals surface area contributed by atoms with Crippen LogP contribution in [0.25, 0.3) is 0 Å². The van der Waals surface area contributed by atoms with E-state index in [1.165, 1.54) is 0 Å². The van der Waals surface area contributed by atoms with Crippen molar-refractivity contribution >= 4 is 23.4 Å². The maximum atomic E-state index is 12.4. The molecule has 1 heterocycles. The van der Waals surface area contributed by atoms with Crippen LogP contribution < -0.4 is 5.32 Å². The van der Waals surface area contributed by atoms with Gasteiger partial charge >= 0.3 is 0 Å². The van der Waals surface area contributed by atoms with Crippen LogP contribution >= 0.6 is 11.6 Å². The third-order valence-electron chi connectivity index (χ3n) is 4.52. The summed E-state index contributed by atoms with van der Waals surface area (Å²) in [6.45, 7) is 2.62. The molecule has 1 aliphatic heterocycles. The van der Waals surface area contributed by atoms with Crippen LogP contribution in [0.3, 0.4) is 0 Å². The minimum atomic E-state index is -0.302. The molecule has 1 unspecified atom stereocenters. The van der Waals surface area contributed by atoms with Gasteiger partial charge in [-0.3, -0.25) is 14.9 Å². The van der Waals surface area contributed by atoms with Crippen LogP contribution in [0.4, 0.5) is 0 Å². The van der Waals surface area contributed by atoms with Crippen molar-refractivity contribution in [1.82, 2.24) is 5.32 Å². The molecule has 2 amide bonds. The van der Waals surface area contributed by atoms with Crippen molar-refractivity contribution in [2.75, 3.05) is 6.61 Å². The van der Waals surface area contributed by atoms with E-state index in [2.05, 4.69) is 5.32 Å². The minimum absolute atomic E-state index is 0.156. The molecule has 1 saturated carbocycles. The van der Waals surface area contributed by atoms with Crippen molar-refractivity contribution in [3.05, 3.63) is 34.9 Å². The Hall–Kier alpha value is -1.39. The van der Waals surface area contributed by atoms with E-state index in [-0.39, 0.29) is 29.3 Å². The number of nitrogens with one attached hydrogen (secondary N) is 1. The summed E-state index contributed by atoms with van der Waals surface area (Å²) in [6.07, 6.45) is 2.06. The Morgan fingerprint density at radius 3 is 2.57 bits per heavy atom. The van der Waals surface area contributed by atoms with E-state index in [1.54, 1.807) is 12.1 Å². The van der Waals surface area contributed by atoms with Crippen LogP contribution in [0, 0.1) is 5.41 Å². The molecule has 2 fully saturated rings. The Kier molecular flexibility index (Phi) is 3.76. The van der Waals surface area contributed by atoms with Crippen LogP contribution in [0.1, 0.15) is 37.7 Å². The zero-order valence-corrected chi connectivity index (χ0v) is 12.7. The fourth-order valence-electron chi connectivity index (χ4n) is 3.69. The van der Waals surface area contributed by atoms with Gasteiger partial charge in [0.05, 0.1) is 12.0 Å². The zero-order chi connectivity index (χ0) is 15.0. The molecule has 1 aliphatic carbocycles. The second-order valence-corrected chi connectivity index (χ2v) is 6.36. The summed E-state index contributed by atoms with van der Waals surface area (Å²) >= 11 is 5.92. The molecule has 3 rings (SSSR count). The lowest BCUT2D eigenvalue weighted by Crippen LogP contribution is -2.57. The highest BCUT2D eigenvalue weighted by atomic mass is 35.5. The van der Waals surface area contributed by atoms with Gasteiger partial charge in [0.15, 0.2) is 0 Å². The van der Waals surface area contributed by atoms with E-state index < -0.39 is 0 Å². The second kappa shape index (κ2) is 5.43. The third kappa shape index (κ3) is 2.58. The molecule has 1 saturated heterocycles. The molecular weight excluding hydrogens is 290 g/mol. The number of carbonyl (C=O) groups is 2. The van der Waals surface area contributed by atoms with Crippen molar-refractivity contribution in [3.63, 3.8) is 0 Å². The lowest BCUT2D eigenvalue weighted by Gasteiger charge is -2.53. The molecule has 1 aromatic rings. The van der Waals surface area contributed by atoms with Crippen molar-refractivity contribution in [2.45, 2.75) is 38.2 Å². The minimum Gasteiger partial charge on any atom is -0.378 e. The molecule has 4 nitrogen and oxygen atoms in total. The first-order valence-electron chi connectivity index (χ1n) is 7.25. The van der Waals surface area contributed by atoms with E-state index in [4.69, 9.17) is 16.3 Å². The van der Waals surface area contributed by atoms with Crippen LogP contribution in [-0.2, 0) is 14.3 Å². The Morgan fingerprint density at radius 2 is 1.95 bits per heavy atom. The zero-order valence-electron chi connectivity index (χ0n) is 11.9. The molecule has 1 N–H and O–H groups in total. The van der Waals surface area contributed by atoms with Crippen molar-refractivity contribution < 1.29 is 14.3 Å². The van der Waals surface area contributed by atoms with E-state index in [0.29, 0.717) is 18.1 Å². The number of imide groups is 1. The Labute approximate surface area is 128 Å². The monoisotopic (exact) mass is 307 g/mol. The van der Waals surface area contributed by atoms with E-state index in [9.17, 15) is 9.59 Å². The Balaban J connectivity index is 1.89. The van der Waals surface area contributed by atoms with Crippen LogP contribution in [0.2, 0.25) is 5.02 Å². The molecular formula is C16H18ClNO3. The summed E-state index contributed by atoms with van der Waals surface area (Å²) in [5.74, 6) is -0.687. The number of hydrogen-bond acceptors (Lipinski definition) is 3. The number of hydrogen-bond donors (Lipinski definition) is 1. The predicted molar refractivity (Wildman–Crippen MR) is 79.0 cm³/mol. The Bertz CT molecular complexity index is 563. The summed E-state index contributed by atoms with van der Waals surface area (Å²) < 4.78 is 5.62. The highest BCUT2D eigenvalue weighted by Gasteiger charge is 2.56. The molecule has 1 aromatic carbocycles. The molecule has 1 atom stereocenters. The molecule has 5 heteroatoms. The lowest BCUT2D eigenvalue weighted by atomic mass is 9.54. The van der Waals surface area contributed by atoms with Gasteiger partial charge in [0.2, 0.25) is 11.8 Å². The number of piperidine rings is 1. The number of amides is 2. The highest BCUT2D eigenvalue weighted by Crippen LogP contribution is 2.56. The average molecular weight is 308 g/mol. The van der Waals surface area contributed by atoms with Gasteiger partial charge in [0.25, 0.3) is 0 Å². The molecule has 0 radical (unpaired) electrons. The third-order valence-corrected chi connectivity index (χ3v) is 4.78. The fourth-order valence-corrected chi connectivity index (χ4v) is 3.82. The van der Waals surface area contributed by atoms with Gasteiger partial charge in [-0.15, -0.1) is 0 Å². The predicted octanol–water partition coefficient (Wildman–Crippen LogP) is 2.66. The highest BCUT2D eigenvalue weighted by molar-refractivity contribution is 6.30. The van der Waals surface area contributed by atoms with Gasteiger partial charge in [0.1, 0.15) is 0 Å². The molecule has 112 valence electrons. The van der Waals surface area contributed by atoms with Crippen LogP contribution in [0.5, 0.6) is 0 Å². The molecule has 2 aliphatic rings. The first-order chi connectivity index (χ1) is 10.0. The average Bonchev–Trinajstić information content (AvgIpc) is 2.38. The molecule has 1 spiro atoms. The van der Waals surface area contributed by atoms with Gasteiger partial charge in [-0.2, -0.15) is 0 Å². The van der Waals surface area contributed by atoms with Crippen molar-refractivity contribution in [3.8, 4) is 0 Å². The van der Waals surface area contributed by atoms with Gasteiger partial charge in [-0.25, -0.2) is 0 Å². The SMILES string of the molecule is CCOC1CC2(CC(=O)NC(=O)C2c2ccc(Cl)cc2)C1. The summed E-state index contributed by atoms with van der Waals surface area (Å²) in [4.78, 5) is 24.1. The second-order valence-electron chi connectivity index (χ2n) is 5.92. The van der Waals surface area contributed by atoms with Gasteiger partial charge in [-0.05, 0) is 42.9 Å². The normalized spacial score (nSPS) is 31.9.